The van der Waals surface area contributed by atoms with Crippen LogP contribution in [0.5, 0.6) is 0 Å². The molecule has 6 heteroatoms. The molecule has 0 bridgehead atoms. The third-order valence-corrected chi connectivity index (χ3v) is 2.87. The summed E-state index contributed by atoms with van der Waals surface area (Å²) in [5, 5.41) is 8.88. The van der Waals surface area contributed by atoms with E-state index in [1.54, 1.807) is 17.7 Å². The van der Waals surface area contributed by atoms with Crippen molar-refractivity contribution in [2.24, 2.45) is 0 Å². The first kappa shape index (κ1) is 15.2. The molecule has 0 aliphatic rings. The van der Waals surface area contributed by atoms with Gasteiger partial charge in [-0.2, -0.15) is 0 Å². The first-order valence-electron chi connectivity index (χ1n) is 5.99. The fourth-order valence-corrected chi connectivity index (χ4v) is 1.97. The predicted octanol–water partition coefficient (Wildman–Crippen LogP) is 0.681. The molecule has 0 saturated heterocycles. The molecule has 0 aliphatic heterocycles. The minimum atomic E-state index is -0.473. The van der Waals surface area contributed by atoms with Gasteiger partial charge in [-0.3, -0.25) is 4.79 Å². The highest BCUT2D eigenvalue weighted by atomic mass is 16.5. The summed E-state index contributed by atoms with van der Waals surface area (Å²) in [4.78, 5) is 23.2. The summed E-state index contributed by atoms with van der Waals surface area (Å²) in [5.74, 6) is -0.896. The number of ether oxygens (including phenoxy) is 2. The van der Waals surface area contributed by atoms with E-state index in [2.05, 4.69) is 4.74 Å². The highest BCUT2D eigenvalue weighted by Crippen LogP contribution is 2.20. The molecule has 19 heavy (non-hydrogen) atoms. The van der Waals surface area contributed by atoms with Crippen molar-refractivity contribution in [2.45, 2.75) is 26.3 Å². The second-order valence-corrected chi connectivity index (χ2v) is 4.15. The number of rotatable bonds is 6. The van der Waals surface area contributed by atoms with E-state index in [0.29, 0.717) is 24.2 Å². The van der Waals surface area contributed by atoms with E-state index in [-0.39, 0.29) is 13.0 Å². The van der Waals surface area contributed by atoms with Crippen LogP contribution in [0, 0.1) is 6.92 Å². The van der Waals surface area contributed by atoms with Gasteiger partial charge in [0.05, 0.1) is 26.2 Å². The van der Waals surface area contributed by atoms with Gasteiger partial charge in [0.25, 0.3) is 0 Å². The van der Waals surface area contributed by atoms with Gasteiger partial charge in [-0.05, 0) is 18.9 Å². The molecule has 6 nitrogen and oxygen atoms in total. The largest absolute Gasteiger partial charge is 0.469 e. The predicted molar refractivity (Wildman–Crippen MR) is 67.9 cm³/mol. The minimum Gasteiger partial charge on any atom is -0.469 e. The number of methoxy groups -OCH3 is 2. The van der Waals surface area contributed by atoms with Crippen molar-refractivity contribution < 1.29 is 24.2 Å². The van der Waals surface area contributed by atoms with Gasteiger partial charge >= 0.3 is 11.9 Å². The Morgan fingerprint density at radius 3 is 2.53 bits per heavy atom. The first-order chi connectivity index (χ1) is 9.04. The molecule has 1 aromatic heterocycles. The molecular formula is C13H19NO5. The molecule has 0 radical (unpaired) electrons. The third-order valence-electron chi connectivity index (χ3n) is 2.87. The van der Waals surface area contributed by atoms with Gasteiger partial charge in [0.15, 0.2) is 0 Å². The SMILES string of the molecule is COC(=O)Cc1c(C(=O)OC)c(C)cn1CCCO. The number of aromatic nitrogens is 1. The van der Waals surface area contributed by atoms with Gasteiger partial charge in [0.2, 0.25) is 0 Å². The molecule has 0 saturated carbocycles. The number of hydrogen-bond donors (Lipinski definition) is 1. The maximum Gasteiger partial charge on any atom is 0.339 e. The first-order valence-corrected chi connectivity index (χ1v) is 5.99. The van der Waals surface area contributed by atoms with Gasteiger partial charge in [-0.25, -0.2) is 4.79 Å². The molecule has 0 fully saturated rings. The van der Waals surface area contributed by atoms with Crippen molar-refractivity contribution in [3.8, 4) is 0 Å². The van der Waals surface area contributed by atoms with Crippen LogP contribution < -0.4 is 0 Å². The number of aryl methyl sites for hydroxylation is 2. The fourth-order valence-electron chi connectivity index (χ4n) is 1.97. The Morgan fingerprint density at radius 1 is 1.32 bits per heavy atom. The molecule has 0 spiro atoms. The number of nitrogens with zero attached hydrogens (tertiary/aromatic N) is 1. The zero-order valence-corrected chi connectivity index (χ0v) is 11.4. The van der Waals surface area contributed by atoms with Crippen LogP contribution in [0.2, 0.25) is 0 Å². The maximum absolute atomic E-state index is 11.8. The summed E-state index contributed by atoms with van der Waals surface area (Å²) >= 11 is 0. The number of hydrogen-bond acceptors (Lipinski definition) is 5. The van der Waals surface area contributed by atoms with E-state index in [4.69, 9.17) is 9.84 Å². The third kappa shape index (κ3) is 3.57. The van der Waals surface area contributed by atoms with E-state index in [1.165, 1.54) is 14.2 Å². The summed E-state index contributed by atoms with van der Waals surface area (Å²) in [6.07, 6.45) is 2.32. The van der Waals surface area contributed by atoms with Crippen LogP contribution in [-0.4, -0.2) is 42.4 Å². The number of carbonyl (C=O) groups is 2. The topological polar surface area (TPSA) is 77.8 Å². The van der Waals surface area contributed by atoms with Crippen molar-refractivity contribution in [1.29, 1.82) is 0 Å². The van der Waals surface area contributed by atoms with Crippen LogP contribution in [0.25, 0.3) is 0 Å². The quantitative estimate of drug-likeness (QED) is 0.768. The summed E-state index contributed by atoms with van der Waals surface area (Å²) in [6, 6.07) is 0. The Hall–Kier alpha value is -1.82. The van der Waals surface area contributed by atoms with Crippen molar-refractivity contribution in [3.63, 3.8) is 0 Å². The second-order valence-electron chi connectivity index (χ2n) is 4.15. The monoisotopic (exact) mass is 269 g/mol. The van der Waals surface area contributed by atoms with Crippen LogP contribution >= 0.6 is 0 Å². The Balaban J connectivity index is 3.16. The Labute approximate surface area is 111 Å². The lowest BCUT2D eigenvalue weighted by Crippen LogP contribution is -2.15. The van der Waals surface area contributed by atoms with Gasteiger partial charge in [-0.15, -0.1) is 0 Å². The highest BCUT2D eigenvalue weighted by Gasteiger charge is 2.22. The van der Waals surface area contributed by atoms with E-state index in [9.17, 15) is 9.59 Å². The van der Waals surface area contributed by atoms with Crippen molar-refractivity contribution in [1.82, 2.24) is 4.57 Å². The lowest BCUT2D eigenvalue weighted by molar-refractivity contribution is -0.139. The van der Waals surface area contributed by atoms with Crippen LogP contribution in [0.15, 0.2) is 6.20 Å². The Bertz CT molecular complexity index is 464. The van der Waals surface area contributed by atoms with Gasteiger partial charge < -0.3 is 19.1 Å². The van der Waals surface area contributed by atoms with Crippen LogP contribution in [0.3, 0.4) is 0 Å². The maximum atomic E-state index is 11.8. The van der Waals surface area contributed by atoms with E-state index < -0.39 is 11.9 Å². The molecule has 0 unspecified atom stereocenters. The van der Waals surface area contributed by atoms with Crippen LogP contribution in [0.4, 0.5) is 0 Å². The zero-order chi connectivity index (χ0) is 14.4. The summed E-state index contributed by atoms with van der Waals surface area (Å²) in [7, 11) is 2.60. The molecule has 0 aromatic carbocycles. The standard InChI is InChI=1S/C13H19NO5/c1-9-8-14(5-4-6-15)10(7-11(16)18-2)12(9)13(17)19-3/h8,15H,4-7H2,1-3H3. The van der Waals surface area contributed by atoms with Crippen molar-refractivity contribution >= 4 is 11.9 Å². The molecule has 1 aromatic rings. The molecular weight excluding hydrogens is 250 g/mol. The summed E-state index contributed by atoms with van der Waals surface area (Å²) in [5.41, 5.74) is 1.69. The lowest BCUT2D eigenvalue weighted by Gasteiger charge is -2.09. The summed E-state index contributed by atoms with van der Waals surface area (Å²) in [6.45, 7) is 2.35. The molecule has 0 amide bonds. The smallest absolute Gasteiger partial charge is 0.339 e. The van der Waals surface area contributed by atoms with Crippen molar-refractivity contribution in [3.05, 3.63) is 23.0 Å². The van der Waals surface area contributed by atoms with E-state index in [1.807, 2.05) is 0 Å². The van der Waals surface area contributed by atoms with E-state index in [0.717, 1.165) is 5.56 Å². The lowest BCUT2D eigenvalue weighted by atomic mass is 10.1. The molecule has 1 heterocycles. The van der Waals surface area contributed by atoms with Gasteiger partial charge in [-0.1, -0.05) is 0 Å². The second kappa shape index (κ2) is 6.94. The Kier molecular flexibility index (Phi) is 5.57. The number of aliphatic hydroxyl groups is 1. The molecule has 1 N–H and O–H groups in total. The van der Waals surface area contributed by atoms with E-state index >= 15 is 0 Å². The fraction of sp³-hybridized carbons (Fsp3) is 0.538. The average molecular weight is 269 g/mol. The van der Waals surface area contributed by atoms with Crippen LogP contribution in [-0.2, 0) is 27.2 Å². The Morgan fingerprint density at radius 2 is 2.00 bits per heavy atom. The minimum absolute atomic E-state index is 0.000200. The zero-order valence-electron chi connectivity index (χ0n) is 11.4. The molecule has 0 aliphatic carbocycles. The average Bonchev–Trinajstić information content (AvgIpc) is 2.71. The normalized spacial score (nSPS) is 10.3. The molecule has 1 rings (SSSR count). The van der Waals surface area contributed by atoms with Crippen LogP contribution in [0.1, 0.15) is 28.0 Å². The molecule has 106 valence electrons. The number of carbonyl (C=O) groups excluding carboxylic acids is 2. The summed E-state index contributed by atoms with van der Waals surface area (Å²) < 4.78 is 11.2. The van der Waals surface area contributed by atoms with Gasteiger partial charge in [0, 0.05) is 25.0 Å². The van der Waals surface area contributed by atoms with Gasteiger partial charge in [0.1, 0.15) is 0 Å². The van der Waals surface area contributed by atoms with Crippen molar-refractivity contribution in [2.75, 3.05) is 20.8 Å². The number of esters is 2. The number of aliphatic hydroxyl groups excluding tert-OH is 1. The highest BCUT2D eigenvalue weighted by molar-refractivity contribution is 5.93. The molecule has 0 atom stereocenters.